The quantitative estimate of drug-likeness (QED) is 0.682. The summed E-state index contributed by atoms with van der Waals surface area (Å²) in [5.74, 6) is 1.79. The van der Waals surface area contributed by atoms with Crippen LogP contribution in [0.4, 0.5) is 0 Å². The highest BCUT2D eigenvalue weighted by Crippen LogP contribution is 2.45. The van der Waals surface area contributed by atoms with Gasteiger partial charge in [-0.15, -0.1) is 11.8 Å². The second kappa shape index (κ2) is 8.84. The lowest BCUT2D eigenvalue weighted by Crippen LogP contribution is -2.41. The van der Waals surface area contributed by atoms with Crippen LogP contribution in [-0.4, -0.2) is 57.0 Å². The summed E-state index contributed by atoms with van der Waals surface area (Å²) in [5, 5.41) is -0.361. The van der Waals surface area contributed by atoms with Crippen LogP contribution in [0.25, 0.3) is 0 Å². The molecule has 8 heteroatoms. The maximum atomic E-state index is 12.4. The zero-order valence-corrected chi connectivity index (χ0v) is 15.7. The lowest BCUT2D eigenvalue weighted by Gasteiger charge is -2.35. The van der Waals surface area contributed by atoms with Gasteiger partial charge in [0.05, 0.1) is 27.9 Å². The molecule has 1 fully saturated rings. The molecule has 1 heterocycles. The van der Waals surface area contributed by atoms with Crippen molar-refractivity contribution < 1.29 is 28.5 Å². The van der Waals surface area contributed by atoms with Crippen molar-refractivity contribution >= 4 is 23.6 Å². The molecule has 7 nitrogen and oxygen atoms in total. The van der Waals surface area contributed by atoms with Crippen LogP contribution in [0.2, 0.25) is 0 Å². The lowest BCUT2D eigenvalue weighted by molar-refractivity contribution is -0.149. The van der Waals surface area contributed by atoms with Gasteiger partial charge in [0.25, 0.3) is 0 Å². The van der Waals surface area contributed by atoms with E-state index in [1.165, 1.54) is 4.90 Å². The summed E-state index contributed by atoms with van der Waals surface area (Å²) in [5.41, 5.74) is 0.752. The molecule has 1 unspecified atom stereocenters. The molecule has 0 aromatic heterocycles. The van der Waals surface area contributed by atoms with E-state index >= 15 is 0 Å². The van der Waals surface area contributed by atoms with Crippen LogP contribution in [0.1, 0.15) is 24.3 Å². The fraction of sp³-hybridized carbons (Fsp3) is 0.529. The number of amides is 1. The molecular formula is C17H23NO6S. The molecule has 0 saturated carbocycles. The third kappa shape index (κ3) is 4.31. The summed E-state index contributed by atoms with van der Waals surface area (Å²) in [4.78, 5) is 25.8. The molecule has 1 amide bonds. The third-order valence-electron chi connectivity index (χ3n) is 3.80. The number of carbonyl (C=O) groups is 2. The van der Waals surface area contributed by atoms with Crippen LogP contribution in [0.5, 0.6) is 17.2 Å². The summed E-state index contributed by atoms with van der Waals surface area (Å²) in [7, 11) is 4.64. The van der Waals surface area contributed by atoms with Gasteiger partial charge >= 0.3 is 5.97 Å². The highest BCUT2D eigenvalue weighted by atomic mass is 32.2. The van der Waals surface area contributed by atoms with Crippen molar-refractivity contribution in [3.05, 3.63) is 17.7 Å². The van der Waals surface area contributed by atoms with Gasteiger partial charge in [0.2, 0.25) is 5.91 Å². The maximum absolute atomic E-state index is 12.4. The molecule has 0 radical (unpaired) electrons. The van der Waals surface area contributed by atoms with Crippen LogP contribution in [-0.2, 0) is 14.3 Å². The Bertz CT molecular complexity index is 636. The van der Waals surface area contributed by atoms with Crippen LogP contribution < -0.4 is 14.2 Å². The van der Waals surface area contributed by atoms with E-state index < -0.39 is 5.97 Å². The molecule has 0 N–H and O–H groups in total. The zero-order valence-electron chi connectivity index (χ0n) is 14.9. The van der Waals surface area contributed by atoms with Crippen LogP contribution >= 0.6 is 11.8 Å². The Morgan fingerprint density at radius 2 is 1.80 bits per heavy atom. The predicted molar refractivity (Wildman–Crippen MR) is 94.3 cm³/mol. The SMILES string of the molecule is CCOC(=O)CN1C(=O)CCSC1c1cc(OC)c(OC)cc1OC. The Hall–Kier alpha value is -2.09. The normalized spacial score (nSPS) is 17.2. The van der Waals surface area contributed by atoms with E-state index in [9.17, 15) is 9.59 Å². The van der Waals surface area contributed by atoms with Gasteiger partial charge in [-0.25, -0.2) is 0 Å². The van der Waals surface area contributed by atoms with Gasteiger partial charge < -0.3 is 23.8 Å². The Balaban J connectivity index is 2.41. The second-order valence-corrected chi connectivity index (χ2v) is 6.44. The van der Waals surface area contributed by atoms with Crippen molar-refractivity contribution in [2.24, 2.45) is 0 Å². The van der Waals surface area contributed by atoms with E-state index in [2.05, 4.69) is 0 Å². The van der Waals surface area contributed by atoms with Gasteiger partial charge in [0, 0.05) is 23.8 Å². The molecule has 1 atom stereocenters. The summed E-state index contributed by atoms with van der Waals surface area (Å²) >= 11 is 1.57. The number of hydrogen-bond donors (Lipinski definition) is 0. The average molecular weight is 369 g/mol. The number of benzene rings is 1. The van der Waals surface area contributed by atoms with Gasteiger partial charge in [0.15, 0.2) is 11.5 Å². The first kappa shape index (κ1) is 19.2. The number of carbonyl (C=O) groups excluding carboxylic acids is 2. The number of methoxy groups -OCH3 is 3. The van der Waals surface area contributed by atoms with E-state index in [0.29, 0.717) is 29.4 Å². The van der Waals surface area contributed by atoms with E-state index in [0.717, 1.165) is 5.56 Å². The fourth-order valence-corrected chi connectivity index (χ4v) is 3.89. The Kier molecular flexibility index (Phi) is 6.81. The topological polar surface area (TPSA) is 74.3 Å². The highest BCUT2D eigenvalue weighted by Gasteiger charge is 2.34. The predicted octanol–water partition coefficient (Wildman–Crippen LogP) is 2.24. The Morgan fingerprint density at radius 3 is 2.40 bits per heavy atom. The second-order valence-electron chi connectivity index (χ2n) is 5.25. The average Bonchev–Trinajstić information content (AvgIpc) is 2.62. The van der Waals surface area contributed by atoms with Crippen molar-refractivity contribution in [3.63, 3.8) is 0 Å². The van der Waals surface area contributed by atoms with Gasteiger partial charge in [-0.05, 0) is 13.0 Å². The molecule has 1 saturated heterocycles. The molecule has 1 aliphatic heterocycles. The molecular weight excluding hydrogens is 346 g/mol. The van der Waals surface area contributed by atoms with Gasteiger partial charge in [-0.1, -0.05) is 0 Å². The minimum atomic E-state index is -0.428. The van der Waals surface area contributed by atoms with E-state index in [1.807, 2.05) is 0 Å². The number of ether oxygens (including phenoxy) is 4. The third-order valence-corrected chi connectivity index (χ3v) is 5.07. The number of rotatable bonds is 7. The van der Waals surface area contributed by atoms with Crippen LogP contribution in [0.3, 0.4) is 0 Å². The van der Waals surface area contributed by atoms with Gasteiger partial charge in [-0.3, -0.25) is 9.59 Å². The number of esters is 1. The fourth-order valence-electron chi connectivity index (χ4n) is 2.64. The molecule has 0 aliphatic carbocycles. The van der Waals surface area contributed by atoms with E-state index in [-0.39, 0.29) is 24.4 Å². The summed E-state index contributed by atoms with van der Waals surface area (Å²) in [6.07, 6.45) is 0.385. The zero-order chi connectivity index (χ0) is 18.4. The number of nitrogens with zero attached hydrogens (tertiary/aromatic N) is 1. The number of thioether (sulfide) groups is 1. The lowest BCUT2D eigenvalue weighted by atomic mass is 10.1. The van der Waals surface area contributed by atoms with Gasteiger partial charge in [0.1, 0.15) is 17.7 Å². The molecule has 0 bridgehead atoms. The molecule has 138 valence electrons. The van der Waals surface area contributed by atoms with Crippen molar-refractivity contribution in [2.75, 3.05) is 40.2 Å². The minimum absolute atomic E-state index is 0.0892. The molecule has 2 rings (SSSR count). The Labute approximate surface area is 151 Å². The summed E-state index contributed by atoms with van der Waals surface area (Å²) in [6, 6.07) is 3.50. The standard InChI is InChI=1S/C17H23NO6S/c1-5-24-16(20)10-18-15(19)6-7-25-17(18)11-8-13(22-3)14(23-4)9-12(11)21-2/h8-9,17H,5-7,10H2,1-4H3. The van der Waals surface area contributed by atoms with Crippen molar-refractivity contribution in [1.29, 1.82) is 0 Å². The summed E-state index contributed by atoms with van der Waals surface area (Å²) < 4.78 is 21.1. The monoisotopic (exact) mass is 369 g/mol. The molecule has 1 aliphatic rings. The van der Waals surface area contributed by atoms with E-state index in [1.54, 1.807) is 52.1 Å². The van der Waals surface area contributed by atoms with Crippen molar-refractivity contribution in [3.8, 4) is 17.2 Å². The maximum Gasteiger partial charge on any atom is 0.325 e. The summed E-state index contributed by atoms with van der Waals surface area (Å²) in [6.45, 7) is 1.92. The molecule has 0 spiro atoms. The first-order valence-corrected chi connectivity index (χ1v) is 8.97. The first-order valence-electron chi connectivity index (χ1n) is 7.92. The van der Waals surface area contributed by atoms with Gasteiger partial charge in [-0.2, -0.15) is 0 Å². The van der Waals surface area contributed by atoms with Crippen LogP contribution in [0.15, 0.2) is 12.1 Å². The smallest absolute Gasteiger partial charge is 0.325 e. The highest BCUT2D eigenvalue weighted by molar-refractivity contribution is 7.99. The molecule has 1 aromatic carbocycles. The molecule has 25 heavy (non-hydrogen) atoms. The molecule has 1 aromatic rings. The van der Waals surface area contributed by atoms with Crippen LogP contribution in [0, 0.1) is 0 Å². The van der Waals surface area contributed by atoms with E-state index in [4.69, 9.17) is 18.9 Å². The van der Waals surface area contributed by atoms with Crippen molar-refractivity contribution in [2.45, 2.75) is 18.7 Å². The first-order chi connectivity index (χ1) is 12.0. The Morgan fingerprint density at radius 1 is 1.16 bits per heavy atom. The van der Waals surface area contributed by atoms with Crippen molar-refractivity contribution in [1.82, 2.24) is 4.90 Å². The minimum Gasteiger partial charge on any atom is -0.496 e. The largest absolute Gasteiger partial charge is 0.496 e. The number of hydrogen-bond acceptors (Lipinski definition) is 7.